The van der Waals surface area contributed by atoms with Crippen molar-refractivity contribution < 1.29 is 4.79 Å². The number of carbonyl (C=O) groups excluding carboxylic acids is 1. The topological polar surface area (TPSA) is 101 Å². The van der Waals surface area contributed by atoms with Crippen molar-refractivity contribution in [1.82, 2.24) is 29.8 Å². The van der Waals surface area contributed by atoms with Crippen LogP contribution in [0, 0.1) is 0 Å². The third-order valence-corrected chi connectivity index (χ3v) is 7.29. The number of hydrogen-bond donors (Lipinski definition) is 2. The van der Waals surface area contributed by atoms with Crippen LogP contribution in [-0.4, -0.2) is 55.6 Å². The summed E-state index contributed by atoms with van der Waals surface area (Å²) in [4.78, 5) is 26.0. The number of amides is 1. The average Bonchev–Trinajstić information content (AvgIpc) is 3.50. The maximum absolute atomic E-state index is 13.5. The molecule has 0 aromatic carbocycles. The quantitative estimate of drug-likeness (QED) is 0.503. The summed E-state index contributed by atoms with van der Waals surface area (Å²) in [5, 5.41) is 9.91. The van der Waals surface area contributed by atoms with Gasteiger partial charge in [0.25, 0.3) is 5.91 Å². The first-order valence-corrected chi connectivity index (χ1v) is 11.7. The number of carbonyl (C=O) groups is 1. The second kappa shape index (κ2) is 7.68. The minimum absolute atomic E-state index is 0.0280. The number of nitrogen functional groups attached to an aromatic ring is 1. The Morgan fingerprint density at radius 2 is 2.03 bits per heavy atom. The lowest BCUT2D eigenvalue weighted by Crippen LogP contribution is -2.42. The summed E-state index contributed by atoms with van der Waals surface area (Å²) < 4.78 is 1.72. The number of thiophene rings is 1. The number of anilines is 1. The number of nitrogens with two attached hydrogens (primary N) is 1. The number of nitrogens with one attached hydrogen (secondary N) is 1. The summed E-state index contributed by atoms with van der Waals surface area (Å²) in [5.41, 5.74) is 9.66. The summed E-state index contributed by atoms with van der Waals surface area (Å²) in [6.07, 6.45) is 6.71. The van der Waals surface area contributed by atoms with Crippen molar-refractivity contribution in [3.8, 4) is 21.8 Å². The van der Waals surface area contributed by atoms with Crippen LogP contribution < -0.4 is 11.1 Å². The van der Waals surface area contributed by atoms with E-state index in [4.69, 9.17) is 10.7 Å². The van der Waals surface area contributed by atoms with Crippen LogP contribution in [0.15, 0.2) is 48.1 Å². The van der Waals surface area contributed by atoms with Gasteiger partial charge >= 0.3 is 0 Å². The summed E-state index contributed by atoms with van der Waals surface area (Å²) in [7, 11) is 0. The normalized spacial score (nSPS) is 20.6. The minimum atomic E-state index is 0.0280. The monoisotopic (exact) mass is 445 g/mol. The van der Waals surface area contributed by atoms with E-state index in [1.165, 1.54) is 0 Å². The molecular formula is C23H23N7OS. The molecular weight excluding hydrogens is 422 g/mol. The summed E-state index contributed by atoms with van der Waals surface area (Å²) >= 11 is 1.64. The summed E-state index contributed by atoms with van der Waals surface area (Å²) in [6.45, 7) is 1.80. The Morgan fingerprint density at radius 1 is 1.12 bits per heavy atom. The zero-order valence-corrected chi connectivity index (χ0v) is 18.3. The molecule has 2 saturated heterocycles. The molecule has 4 aromatic rings. The zero-order valence-electron chi connectivity index (χ0n) is 17.4. The summed E-state index contributed by atoms with van der Waals surface area (Å²) in [5.74, 6) is 0.347. The van der Waals surface area contributed by atoms with Crippen molar-refractivity contribution in [1.29, 1.82) is 0 Å². The highest BCUT2D eigenvalue weighted by Gasteiger charge is 2.38. The van der Waals surface area contributed by atoms with Crippen molar-refractivity contribution in [2.75, 3.05) is 18.8 Å². The van der Waals surface area contributed by atoms with E-state index in [-0.39, 0.29) is 18.0 Å². The molecule has 32 heavy (non-hydrogen) atoms. The lowest BCUT2D eigenvalue weighted by atomic mass is 10.1. The van der Waals surface area contributed by atoms with Crippen LogP contribution in [-0.2, 0) is 0 Å². The van der Waals surface area contributed by atoms with Crippen molar-refractivity contribution in [2.24, 2.45) is 0 Å². The number of hydrogen-bond acceptors (Lipinski definition) is 7. The largest absolute Gasteiger partial charge is 0.384 e. The number of fused-ring (bicyclic) bond motifs is 3. The van der Waals surface area contributed by atoms with Crippen LogP contribution in [0.3, 0.4) is 0 Å². The van der Waals surface area contributed by atoms with Crippen molar-refractivity contribution in [2.45, 2.75) is 31.3 Å². The Balaban J connectivity index is 1.41. The first-order chi connectivity index (χ1) is 15.7. The van der Waals surface area contributed by atoms with Gasteiger partial charge in [0.15, 0.2) is 5.65 Å². The molecule has 8 nitrogen and oxygen atoms in total. The van der Waals surface area contributed by atoms with E-state index in [0.29, 0.717) is 22.7 Å². The second-order valence-electron chi connectivity index (χ2n) is 8.37. The number of aromatic nitrogens is 4. The first-order valence-electron chi connectivity index (χ1n) is 10.9. The van der Waals surface area contributed by atoms with Crippen molar-refractivity contribution >= 4 is 28.7 Å². The van der Waals surface area contributed by atoms with E-state index in [9.17, 15) is 4.79 Å². The third-order valence-electron chi connectivity index (χ3n) is 6.40. The third kappa shape index (κ3) is 3.25. The molecule has 2 aliphatic rings. The highest BCUT2D eigenvalue weighted by atomic mass is 32.1. The van der Waals surface area contributed by atoms with Crippen molar-refractivity contribution in [3.05, 3.63) is 53.7 Å². The van der Waals surface area contributed by atoms with E-state index in [1.54, 1.807) is 28.1 Å². The van der Waals surface area contributed by atoms with E-state index in [2.05, 4.69) is 20.3 Å². The molecule has 9 heteroatoms. The van der Waals surface area contributed by atoms with Gasteiger partial charge in [0.05, 0.1) is 28.0 Å². The molecule has 2 atom stereocenters. The molecule has 1 amide bonds. The van der Waals surface area contributed by atoms with Crippen molar-refractivity contribution in [3.63, 3.8) is 0 Å². The maximum Gasteiger partial charge on any atom is 0.254 e. The minimum Gasteiger partial charge on any atom is -0.384 e. The molecule has 0 spiro atoms. The molecule has 2 bridgehead atoms. The predicted molar refractivity (Wildman–Crippen MR) is 124 cm³/mol. The van der Waals surface area contributed by atoms with Gasteiger partial charge in [-0.1, -0.05) is 6.07 Å². The second-order valence-corrected chi connectivity index (χ2v) is 9.32. The van der Waals surface area contributed by atoms with Gasteiger partial charge in [-0.05, 0) is 55.5 Å². The molecule has 6 heterocycles. The van der Waals surface area contributed by atoms with Gasteiger partial charge in [-0.15, -0.1) is 11.3 Å². The van der Waals surface area contributed by atoms with Gasteiger partial charge in [-0.3, -0.25) is 4.79 Å². The van der Waals surface area contributed by atoms with E-state index >= 15 is 0 Å². The van der Waals surface area contributed by atoms with Gasteiger partial charge in [-0.25, -0.2) is 14.5 Å². The summed E-state index contributed by atoms with van der Waals surface area (Å²) in [6, 6.07) is 10.0. The Labute approximate surface area is 189 Å². The fourth-order valence-electron chi connectivity index (χ4n) is 4.89. The predicted octanol–water partition coefficient (Wildman–Crippen LogP) is 3.07. The van der Waals surface area contributed by atoms with E-state index < -0.39 is 0 Å². The van der Waals surface area contributed by atoms with Gasteiger partial charge < -0.3 is 16.0 Å². The molecule has 4 aromatic heterocycles. The Morgan fingerprint density at radius 3 is 2.91 bits per heavy atom. The number of pyridine rings is 1. The molecule has 6 rings (SSSR count). The van der Waals surface area contributed by atoms with E-state index in [1.807, 2.05) is 35.8 Å². The Hall–Kier alpha value is -3.30. The van der Waals surface area contributed by atoms with Gasteiger partial charge in [0.1, 0.15) is 5.82 Å². The molecule has 0 radical (unpaired) electrons. The van der Waals surface area contributed by atoms with Crippen LogP contribution in [0.1, 0.15) is 29.6 Å². The fourth-order valence-corrected chi connectivity index (χ4v) is 5.58. The lowest BCUT2D eigenvalue weighted by Gasteiger charge is -2.28. The Kier molecular flexibility index (Phi) is 4.65. The SMILES string of the molecule is Nc1cc(C(=O)N2C3CCNCC2CC3)cc(-c2cnn3ccc(-c4cccs4)nc23)n1. The molecule has 162 valence electrons. The van der Waals surface area contributed by atoms with Crippen LogP contribution in [0.2, 0.25) is 0 Å². The average molecular weight is 446 g/mol. The molecule has 3 N–H and O–H groups in total. The van der Waals surface area contributed by atoms with Gasteiger partial charge in [-0.2, -0.15) is 5.10 Å². The number of rotatable bonds is 3. The molecule has 2 fully saturated rings. The highest BCUT2D eigenvalue weighted by Crippen LogP contribution is 2.32. The molecule has 2 unspecified atom stereocenters. The molecule has 0 saturated carbocycles. The van der Waals surface area contributed by atoms with E-state index in [0.717, 1.165) is 48.5 Å². The van der Waals surface area contributed by atoms with Crippen LogP contribution >= 0.6 is 11.3 Å². The van der Waals surface area contributed by atoms with Crippen LogP contribution in [0.5, 0.6) is 0 Å². The highest BCUT2D eigenvalue weighted by molar-refractivity contribution is 7.13. The van der Waals surface area contributed by atoms with Crippen LogP contribution in [0.25, 0.3) is 27.5 Å². The zero-order chi connectivity index (χ0) is 21.7. The molecule has 0 aliphatic carbocycles. The number of nitrogens with zero attached hydrogens (tertiary/aromatic N) is 5. The Bertz CT molecular complexity index is 1290. The fraction of sp³-hybridized carbons (Fsp3) is 0.304. The smallest absolute Gasteiger partial charge is 0.254 e. The first kappa shape index (κ1) is 19.4. The van der Waals surface area contributed by atoms with Crippen LogP contribution in [0.4, 0.5) is 5.82 Å². The standard InChI is InChI=1S/C23H23N7OS/c24-21-11-14(23(31)30-15-3-4-16(30)12-25-7-5-15)10-19(27-21)17-13-26-29-8-6-18(28-22(17)29)20-2-1-9-32-20/h1-2,6,8-11,13,15-16,25H,3-5,7,12H2,(H2,24,27). The molecule has 2 aliphatic heterocycles. The lowest BCUT2D eigenvalue weighted by molar-refractivity contribution is 0.0680. The van der Waals surface area contributed by atoms with Gasteiger partial charge in [0, 0.05) is 30.4 Å². The van der Waals surface area contributed by atoms with Gasteiger partial charge in [0.2, 0.25) is 0 Å². The maximum atomic E-state index is 13.5.